The predicted octanol–water partition coefficient (Wildman–Crippen LogP) is 1.20. The number of carbonyl (C=O) groups excluding carboxylic acids is 1. The van der Waals surface area contributed by atoms with Crippen LogP contribution in [0.5, 0.6) is 5.75 Å². The largest absolute Gasteiger partial charge is 0.490 e. The molecule has 1 rings (SSSR count). The van der Waals surface area contributed by atoms with Crippen LogP contribution in [0.4, 0.5) is 5.69 Å². The van der Waals surface area contributed by atoms with E-state index in [0.717, 1.165) is 0 Å². The maximum atomic E-state index is 11.8. The molecule has 0 saturated carbocycles. The van der Waals surface area contributed by atoms with Gasteiger partial charge in [-0.2, -0.15) is 0 Å². The Labute approximate surface area is 114 Å². The first-order valence-electron chi connectivity index (χ1n) is 5.78. The molecule has 0 radical (unpaired) electrons. The van der Waals surface area contributed by atoms with Crippen molar-refractivity contribution in [1.29, 1.82) is 0 Å². The van der Waals surface area contributed by atoms with Gasteiger partial charge in [0.1, 0.15) is 0 Å². The van der Waals surface area contributed by atoms with Crippen LogP contribution < -0.4 is 10.1 Å². The Balaban J connectivity index is 2.69. The third-order valence-corrected chi connectivity index (χ3v) is 2.49. The van der Waals surface area contributed by atoms with Gasteiger partial charge in [0, 0.05) is 30.7 Å². The average Bonchev–Trinajstić information content (AvgIpc) is 2.42. The number of nitrogens with zero attached hydrogens (tertiary/aromatic N) is 1. The Morgan fingerprint density at radius 1 is 1.45 bits per heavy atom. The van der Waals surface area contributed by atoms with Gasteiger partial charge in [-0.05, 0) is 12.5 Å². The van der Waals surface area contributed by atoms with Crippen molar-refractivity contribution in [3.63, 3.8) is 0 Å². The lowest BCUT2D eigenvalue weighted by Crippen LogP contribution is -2.24. The molecule has 1 aromatic rings. The summed E-state index contributed by atoms with van der Waals surface area (Å²) in [6.45, 7) is 0.213. The van der Waals surface area contributed by atoms with Crippen LogP contribution in [0.25, 0.3) is 0 Å². The molecular formula is C12H14N2O6. The lowest BCUT2D eigenvalue weighted by molar-refractivity contribution is -0.385. The van der Waals surface area contributed by atoms with Gasteiger partial charge in [0.25, 0.3) is 5.91 Å². The molecule has 0 aromatic heterocycles. The smallest absolute Gasteiger partial charge is 0.310 e. The van der Waals surface area contributed by atoms with Gasteiger partial charge in [-0.1, -0.05) is 0 Å². The zero-order chi connectivity index (χ0) is 15.1. The van der Waals surface area contributed by atoms with Gasteiger partial charge in [-0.3, -0.25) is 19.7 Å². The summed E-state index contributed by atoms with van der Waals surface area (Å²) >= 11 is 0. The highest BCUT2D eigenvalue weighted by Gasteiger charge is 2.17. The number of nitro groups is 1. The number of methoxy groups -OCH3 is 1. The topological polar surface area (TPSA) is 119 Å². The summed E-state index contributed by atoms with van der Waals surface area (Å²) in [6, 6.07) is 3.77. The van der Waals surface area contributed by atoms with Gasteiger partial charge >= 0.3 is 11.7 Å². The molecule has 0 aliphatic carbocycles. The Morgan fingerprint density at radius 3 is 2.70 bits per heavy atom. The fourth-order valence-corrected chi connectivity index (χ4v) is 1.51. The Morgan fingerprint density at radius 2 is 2.15 bits per heavy atom. The molecule has 2 N–H and O–H groups in total. The maximum absolute atomic E-state index is 11.8. The number of hydrogen-bond donors (Lipinski definition) is 2. The third-order valence-electron chi connectivity index (χ3n) is 2.49. The first-order chi connectivity index (χ1) is 9.45. The van der Waals surface area contributed by atoms with E-state index in [9.17, 15) is 19.7 Å². The highest BCUT2D eigenvalue weighted by molar-refractivity contribution is 5.95. The monoisotopic (exact) mass is 282 g/mol. The van der Waals surface area contributed by atoms with Gasteiger partial charge < -0.3 is 15.2 Å². The van der Waals surface area contributed by atoms with E-state index in [1.807, 2.05) is 0 Å². The minimum Gasteiger partial charge on any atom is -0.490 e. The number of rotatable bonds is 7. The normalized spacial score (nSPS) is 9.85. The summed E-state index contributed by atoms with van der Waals surface area (Å²) < 4.78 is 4.86. The second-order valence-corrected chi connectivity index (χ2v) is 3.90. The van der Waals surface area contributed by atoms with E-state index in [4.69, 9.17) is 9.84 Å². The first-order valence-corrected chi connectivity index (χ1v) is 5.78. The van der Waals surface area contributed by atoms with Crippen LogP contribution in [-0.4, -0.2) is 35.6 Å². The van der Waals surface area contributed by atoms with Gasteiger partial charge in [0.15, 0.2) is 5.75 Å². The number of benzene rings is 1. The Hall–Kier alpha value is -2.64. The van der Waals surface area contributed by atoms with Crippen LogP contribution in [0.2, 0.25) is 0 Å². The van der Waals surface area contributed by atoms with Gasteiger partial charge in [0.2, 0.25) is 0 Å². The first kappa shape index (κ1) is 15.4. The van der Waals surface area contributed by atoms with Crippen molar-refractivity contribution in [3.05, 3.63) is 33.9 Å². The fourth-order valence-electron chi connectivity index (χ4n) is 1.51. The molecule has 8 heteroatoms. The SMILES string of the molecule is COc1cc(C(=O)NCCCC(=O)O)ccc1[N+](=O)[O-]. The summed E-state index contributed by atoms with van der Waals surface area (Å²) in [5, 5.41) is 21.7. The average molecular weight is 282 g/mol. The molecule has 0 bridgehead atoms. The van der Waals surface area contributed by atoms with E-state index in [1.165, 1.54) is 25.3 Å². The van der Waals surface area contributed by atoms with Crippen LogP contribution in [-0.2, 0) is 4.79 Å². The van der Waals surface area contributed by atoms with E-state index in [1.54, 1.807) is 0 Å². The van der Waals surface area contributed by atoms with Crippen molar-refractivity contribution >= 4 is 17.6 Å². The van der Waals surface area contributed by atoms with Gasteiger partial charge in [-0.25, -0.2) is 0 Å². The maximum Gasteiger partial charge on any atom is 0.310 e. The molecule has 8 nitrogen and oxygen atoms in total. The van der Waals surface area contributed by atoms with Crippen LogP contribution in [0.15, 0.2) is 18.2 Å². The summed E-state index contributed by atoms with van der Waals surface area (Å²) in [4.78, 5) is 32.2. The molecule has 108 valence electrons. The zero-order valence-electron chi connectivity index (χ0n) is 10.8. The van der Waals surface area contributed by atoms with Crippen LogP contribution in [0.1, 0.15) is 23.2 Å². The van der Waals surface area contributed by atoms with E-state index >= 15 is 0 Å². The van der Waals surface area contributed by atoms with E-state index in [-0.39, 0.29) is 30.0 Å². The quantitative estimate of drug-likeness (QED) is 0.440. The molecule has 0 fully saturated rings. The van der Waals surface area contributed by atoms with Gasteiger partial charge in [-0.15, -0.1) is 0 Å². The second kappa shape index (κ2) is 7.07. The number of ether oxygens (including phenoxy) is 1. The zero-order valence-corrected chi connectivity index (χ0v) is 10.8. The molecule has 0 spiro atoms. The van der Waals surface area contributed by atoms with Crippen molar-refractivity contribution in [2.45, 2.75) is 12.8 Å². The third kappa shape index (κ3) is 4.23. The van der Waals surface area contributed by atoms with E-state index in [0.29, 0.717) is 6.42 Å². The molecule has 0 heterocycles. The summed E-state index contributed by atoms with van der Waals surface area (Å²) in [6.07, 6.45) is 0.273. The molecule has 0 aliphatic rings. The Bertz CT molecular complexity index is 529. The van der Waals surface area contributed by atoms with Crippen LogP contribution >= 0.6 is 0 Å². The predicted molar refractivity (Wildman–Crippen MR) is 68.9 cm³/mol. The van der Waals surface area contributed by atoms with E-state index in [2.05, 4.69) is 5.32 Å². The molecular weight excluding hydrogens is 268 g/mol. The van der Waals surface area contributed by atoms with Crippen LogP contribution in [0, 0.1) is 10.1 Å². The number of carboxylic acids is 1. The number of nitro benzene ring substituents is 1. The molecule has 20 heavy (non-hydrogen) atoms. The number of aliphatic carboxylic acids is 1. The summed E-state index contributed by atoms with van der Waals surface area (Å²) in [7, 11) is 1.27. The summed E-state index contributed by atoms with van der Waals surface area (Å²) in [5.74, 6) is -1.38. The Kier molecular flexibility index (Phi) is 5.45. The number of carboxylic acid groups (broad SMARTS) is 1. The van der Waals surface area contributed by atoms with Crippen molar-refractivity contribution < 1.29 is 24.4 Å². The molecule has 1 amide bonds. The lowest BCUT2D eigenvalue weighted by Gasteiger charge is -2.06. The molecule has 0 unspecified atom stereocenters. The van der Waals surface area contributed by atoms with E-state index < -0.39 is 16.8 Å². The fraction of sp³-hybridized carbons (Fsp3) is 0.333. The lowest BCUT2D eigenvalue weighted by atomic mass is 10.1. The minimum absolute atomic E-state index is 0.00631. The highest BCUT2D eigenvalue weighted by atomic mass is 16.6. The number of amides is 1. The number of hydrogen-bond acceptors (Lipinski definition) is 5. The molecule has 0 aliphatic heterocycles. The van der Waals surface area contributed by atoms with Crippen molar-refractivity contribution in [2.75, 3.05) is 13.7 Å². The standard InChI is InChI=1S/C12H14N2O6/c1-20-10-7-8(4-5-9(10)14(18)19)12(17)13-6-2-3-11(15)16/h4-5,7H,2-3,6H2,1H3,(H,13,17)(H,15,16). The number of nitrogens with one attached hydrogen (secondary N) is 1. The highest BCUT2D eigenvalue weighted by Crippen LogP contribution is 2.27. The molecule has 0 saturated heterocycles. The minimum atomic E-state index is -0.934. The summed E-state index contributed by atoms with van der Waals surface area (Å²) in [5.41, 5.74) is -0.0160. The van der Waals surface area contributed by atoms with Crippen LogP contribution in [0.3, 0.4) is 0 Å². The van der Waals surface area contributed by atoms with Gasteiger partial charge in [0.05, 0.1) is 12.0 Å². The van der Waals surface area contributed by atoms with Crippen molar-refractivity contribution in [3.8, 4) is 5.75 Å². The van der Waals surface area contributed by atoms with Crippen molar-refractivity contribution in [1.82, 2.24) is 5.32 Å². The van der Waals surface area contributed by atoms with Crippen molar-refractivity contribution in [2.24, 2.45) is 0 Å². The molecule has 0 atom stereocenters. The molecule has 1 aromatic carbocycles. The second-order valence-electron chi connectivity index (χ2n) is 3.90. The number of carbonyl (C=O) groups is 2.